The van der Waals surface area contributed by atoms with E-state index in [2.05, 4.69) is 10.3 Å². The fourth-order valence-corrected chi connectivity index (χ4v) is 2.71. The number of sulfone groups is 1. The van der Waals surface area contributed by atoms with Gasteiger partial charge in [0.05, 0.1) is 11.8 Å². The highest BCUT2D eigenvalue weighted by atomic mass is 32.2. The van der Waals surface area contributed by atoms with Crippen LogP contribution in [0.3, 0.4) is 0 Å². The molecule has 80 valence electrons. The Hall–Kier alpha value is -1.36. The maximum atomic E-state index is 11.2. The normalized spacial score (nSPS) is 22.9. The van der Waals surface area contributed by atoms with Crippen LogP contribution in [0.1, 0.15) is 5.56 Å². The van der Waals surface area contributed by atoms with Gasteiger partial charge in [-0.2, -0.15) is 0 Å². The van der Waals surface area contributed by atoms with Gasteiger partial charge in [0, 0.05) is 11.6 Å². The lowest BCUT2D eigenvalue weighted by Gasteiger charge is -2.12. The topological polar surface area (TPSA) is 59.1 Å². The molecule has 0 aliphatic carbocycles. The number of hydrogen-bond donors (Lipinski definition) is 1. The van der Waals surface area contributed by atoms with Gasteiger partial charge in [-0.1, -0.05) is 6.07 Å². The summed E-state index contributed by atoms with van der Waals surface area (Å²) in [5, 5.41) is 4.34. The Morgan fingerprint density at radius 1 is 1.53 bits per heavy atom. The van der Waals surface area contributed by atoms with Crippen molar-refractivity contribution < 1.29 is 8.42 Å². The van der Waals surface area contributed by atoms with Crippen molar-refractivity contribution in [1.82, 2.24) is 4.98 Å². The smallest absolute Gasteiger partial charge is 0.173 e. The summed E-state index contributed by atoms with van der Waals surface area (Å²) in [6, 6.07) is 3.62. The molecular formula is C10H12N2O2S. The molecule has 0 radical (unpaired) electrons. The molecule has 1 atom stereocenters. The first-order valence-corrected chi connectivity index (χ1v) is 6.37. The van der Waals surface area contributed by atoms with Crippen molar-refractivity contribution in [3.05, 3.63) is 35.4 Å². The van der Waals surface area contributed by atoms with E-state index in [1.54, 1.807) is 12.3 Å². The summed E-state index contributed by atoms with van der Waals surface area (Å²) in [6.45, 7) is 1.93. The van der Waals surface area contributed by atoms with E-state index >= 15 is 0 Å². The van der Waals surface area contributed by atoms with Crippen molar-refractivity contribution in [2.24, 2.45) is 0 Å². The predicted molar refractivity (Wildman–Crippen MR) is 59.3 cm³/mol. The molecule has 5 heteroatoms. The van der Waals surface area contributed by atoms with Crippen molar-refractivity contribution in [3.63, 3.8) is 0 Å². The van der Waals surface area contributed by atoms with Crippen LogP contribution >= 0.6 is 0 Å². The molecule has 0 aromatic carbocycles. The van der Waals surface area contributed by atoms with E-state index in [4.69, 9.17) is 0 Å². The molecule has 1 aromatic rings. The van der Waals surface area contributed by atoms with E-state index in [1.807, 2.05) is 19.1 Å². The van der Waals surface area contributed by atoms with E-state index in [9.17, 15) is 8.42 Å². The van der Waals surface area contributed by atoms with Crippen molar-refractivity contribution in [2.75, 3.05) is 11.1 Å². The highest BCUT2D eigenvalue weighted by molar-refractivity contribution is 7.94. The van der Waals surface area contributed by atoms with E-state index in [-0.39, 0.29) is 11.8 Å². The van der Waals surface area contributed by atoms with Crippen LogP contribution in [0.5, 0.6) is 0 Å². The first kappa shape index (κ1) is 10.2. The summed E-state index contributed by atoms with van der Waals surface area (Å²) in [5.41, 5.74) is 1.01. The first-order valence-electron chi connectivity index (χ1n) is 4.66. The Labute approximate surface area is 89.0 Å². The number of pyridine rings is 1. The number of rotatable bonds is 2. The van der Waals surface area contributed by atoms with Gasteiger partial charge in [0.15, 0.2) is 9.84 Å². The largest absolute Gasteiger partial charge is 0.363 e. The molecule has 0 saturated heterocycles. The minimum Gasteiger partial charge on any atom is -0.363 e. The van der Waals surface area contributed by atoms with Crippen molar-refractivity contribution in [2.45, 2.75) is 13.0 Å². The summed E-state index contributed by atoms with van der Waals surface area (Å²) < 4.78 is 22.3. The van der Waals surface area contributed by atoms with Gasteiger partial charge in [-0.3, -0.25) is 0 Å². The number of nitrogens with one attached hydrogen (secondary N) is 1. The van der Waals surface area contributed by atoms with Gasteiger partial charge in [0.2, 0.25) is 0 Å². The molecule has 1 aromatic heterocycles. The lowest BCUT2D eigenvalue weighted by Crippen LogP contribution is -2.21. The van der Waals surface area contributed by atoms with Gasteiger partial charge < -0.3 is 5.32 Å². The Kier molecular flexibility index (Phi) is 2.48. The van der Waals surface area contributed by atoms with Gasteiger partial charge >= 0.3 is 0 Å². The van der Waals surface area contributed by atoms with Crippen LogP contribution in [-0.2, 0) is 9.84 Å². The molecule has 0 bridgehead atoms. The lowest BCUT2D eigenvalue weighted by atomic mass is 10.2. The number of aryl methyl sites for hydroxylation is 1. The summed E-state index contributed by atoms with van der Waals surface area (Å²) in [7, 11) is -3.00. The molecule has 1 N–H and O–H groups in total. The number of hydrogen-bond acceptors (Lipinski definition) is 4. The third-order valence-electron chi connectivity index (χ3n) is 2.26. The monoisotopic (exact) mass is 224 g/mol. The molecule has 1 aliphatic heterocycles. The van der Waals surface area contributed by atoms with Crippen LogP contribution in [0, 0.1) is 6.92 Å². The lowest BCUT2D eigenvalue weighted by molar-refractivity contribution is 0.605. The number of aromatic nitrogens is 1. The second kappa shape index (κ2) is 3.66. The third kappa shape index (κ3) is 2.36. The highest BCUT2D eigenvalue weighted by Crippen LogP contribution is 2.15. The number of anilines is 1. The maximum Gasteiger partial charge on any atom is 0.173 e. The SMILES string of the molecule is Cc1cccnc1NC1C=CS(=O)(=O)C1. The van der Waals surface area contributed by atoms with Crippen molar-refractivity contribution in [3.8, 4) is 0 Å². The second-order valence-electron chi connectivity index (χ2n) is 3.58. The molecule has 2 rings (SSSR count). The minimum absolute atomic E-state index is 0.114. The third-order valence-corrected chi connectivity index (χ3v) is 3.66. The van der Waals surface area contributed by atoms with E-state index in [1.165, 1.54) is 5.41 Å². The van der Waals surface area contributed by atoms with Crippen LogP contribution in [0.15, 0.2) is 29.8 Å². The highest BCUT2D eigenvalue weighted by Gasteiger charge is 2.21. The Morgan fingerprint density at radius 3 is 2.93 bits per heavy atom. The van der Waals surface area contributed by atoms with Crippen LogP contribution in [-0.4, -0.2) is 25.2 Å². The Bertz CT molecular complexity index is 494. The molecular weight excluding hydrogens is 212 g/mol. The summed E-state index contributed by atoms with van der Waals surface area (Å²) >= 11 is 0. The van der Waals surface area contributed by atoms with E-state index in [0.29, 0.717) is 0 Å². The molecule has 15 heavy (non-hydrogen) atoms. The van der Waals surface area contributed by atoms with E-state index in [0.717, 1.165) is 11.4 Å². The Balaban J connectivity index is 2.12. The molecule has 0 amide bonds. The first-order chi connectivity index (χ1) is 7.07. The molecule has 0 saturated carbocycles. The van der Waals surface area contributed by atoms with Crippen molar-refractivity contribution in [1.29, 1.82) is 0 Å². The second-order valence-corrected chi connectivity index (χ2v) is 5.51. The fourth-order valence-electron chi connectivity index (χ4n) is 1.48. The summed E-state index contributed by atoms with van der Waals surface area (Å²) in [5.74, 6) is 0.854. The van der Waals surface area contributed by atoms with Crippen LogP contribution < -0.4 is 5.32 Å². The molecule has 1 aliphatic rings. The molecule has 0 spiro atoms. The van der Waals surface area contributed by atoms with Crippen LogP contribution in [0.25, 0.3) is 0 Å². The quantitative estimate of drug-likeness (QED) is 0.817. The van der Waals surface area contributed by atoms with Gasteiger partial charge in [-0.05, 0) is 24.6 Å². The number of nitrogens with zero attached hydrogens (tertiary/aromatic N) is 1. The van der Waals surface area contributed by atoms with Crippen LogP contribution in [0.4, 0.5) is 5.82 Å². The summed E-state index contributed by atoms with van der Waals surface area (Å²) in [6.07, 6.45) is 3.34. The average Bonchev–Trinajstić information content (AvgIpc) is 2.50. The van der Waals surface area contributed by atoms with E-state index < -0.39 is 9.84 Å². The zero-order valence-corrected chi connectivity index (χ0v) is 9.16. The predicted octanol–water partition coefficient (Wildman–Crippen LogP) is 1.11. The van der Waals surface area contributed by atoms with Crippen molar-refractivity contribution >= 4 is 15.7 Å². The van der Waals surface area contributed by atoms with Gasteiger partial charge in [-0.25, -0.2) is 13.4 Å². The summed E-state index contributed by atoms with van der Waals surface area (Å²) in [4.78, 5) is 4.15. The van der Waals surface area contributed by atoms with Gasteiger partial charge in [-0.15, -0.1) is 0 Å². The molecule has 4 nitrogen and oxygen atoms in total. The zero-order valence-electron chi connectivity index (χ0n) is 8.34. The standard InChI is InChI=1S/C10H12N2O2S/c1-8-3-2-5-11-10(8)12-9-4-6-15(13,14)7-9/h2-6,9H,7H2,1H3,(H,11,12). The zero-order chi connectivity index (χ0) is 10.9. The Morgan fingerprint density at radius 2 is 2.33 bits per heavy atom. The van der Waals surface area contributed by atoms with Gasteiger partial charge in [0.25, 0.3) is 0 Å². The maximum absolute atomic E-state index is 11.2. The molecule has 1 unspecified atom stereocenters. The van der Waals surface area contributed by atoms with Crippen LogP contribution in [0.2, 0.25) is 0 Å². The fraction of sp³-hybridized carbons (Fsp3) is 0.300. The van der Waals surface area contributed by atoms with Gasteiger partial charge in [0.1, 0.15) is 5.82 Å². The molecule has 0 fully saturated rings. The average molecular weight is 224 g/mol. The minimum atomic E-state index is -3.00. The molecule has 2 heterocycles.